The Bertz CT molecular complexity index is 615. The van der Waals surface area contributed by atoms with Crippen molar-refractivity contribution >= 4 is 0 Å². The number of hydrogen-bond donors (Lipinski definition) is 2. The summed E-state index contributed by atoms with van der Waals surface area (Å²) >= 11 is 0. The maximum Gasteiger partial charge on any atom is 0.0991 e. The molecule has 0 bridgehead atoms. The lowest BCUT2D eigenvalue weighted by atomic mass is 9.83. The standard InChI is InChI=1S/C16H14N4/c17-9-12-1-5-14(6-2-12)16(20,11-19)15-7-3-13(10-18)4-8-15/h1-8H,11,19-20H2. The van der Waals surface area contributed by atoms with E-state index in [-0.39, 0.29) is 6.54 Å². The Balaban J connectivity index is 2.46. The molecule has 4 nitrogen and oxygen atoms in total. The van der Waals surface area contributed by atoms with Crippen LogP contribution < -0.4 is 11.5 Å². The van der Waals surface area contributed by atoms with E-state index in [1.165, 1.54) is 0 Å². The van der Waals surface area contributed by atoms with Gasteiger partial charge in [0, 0.05) is 6.54 Å². The summed E-state index contributed by atoms with van der Waals surface area (Å²) < 4.78 is 0. The predicted octanol–water partition coefficient (Wildman–Crippen LogP) is 1.59. The Hall–Kier alpha value is -2.66. The highest BCUT2D eigenvalue weighted by molar-refractivity contribution is 5.43. The van der Waals surface area contributed by atoms with Crippen molar-refractivity contribution in [1.82, 2.24) is 0 Å². The van der Waals surface area contributed by atoms with Crippen molar-refractivity contribution in [2.45, 2.75) is 5.54 Å². The van der Waals surface area contributed by atoms with Crippen molar-refractivity contribution in [3.8, 4) is 12.1 Å². The van der Waals surface area contributed by atoms with Crippen LogP contribution >= 0.6 is 0 Å². The van der Waals surface area contributed by atoms with Crippen LogP contribution in [0.15, 0.2) is 48.5 Å². The molecule has 0 saturated heterocycles. The summed E-state index contributed by atoms with van der Waals surface area (Å²) in [6.07, 6.45) is 0. The molecule has 0 fully saturated rings. The molecule has 98 valence electrons. The molecule has 4 N–H and O–H groups in total. The van der Waals surface area contributed by atoms with Gasteiger partial charge in [-0.25, -0.2) is 0 Å². The van der Waals surface area contributed by atoms with Crippen LogP contribution in [0.4, 0.5) is 0 Å². The van der Waals surface area contributed by atoms with Gasteiger partial charge in [-0.3, -0.25) is 0 Å². The quantitative estimate of drug-likeness (QED) is 0.877. The molecule has 4 heteroatoms. The maximum atomic E-state index is 8.83. The molecule has 0 atom stereocenters. The monoisotopic (exact) mass is 262 g/mol. The van der Waals surface area contributed by atoms with Gasteiger partial charge in [-0.2, -0.15) is 10.5 Å². The fourth-order valence-corrected chi connectivity index (χ4v) is 2.09. The minimum Gasteiger partial charge on any atom is -0.328 e. The third kappa shape index (κ3) is 2.39. The number of hydrogen-bond acceptors (Lipinski definition) is 4. The summed E-state index contributed by atoms with van der Waals surface area (Å²) in [5, 5.41) is 17.7. The molecule has 0 heterocycles. The second kappa shape index (κ2) is 5.54. The minimum atomic E-state index is -0.831. The Morgan fingerprint density at radius 1 is 0.800 bits per heavy atom. The largest absolute Gasteiger partial charge is 0.328 e. The summed E-state index contributed by atoms with van der Waals surface area (Å²) in [5.41, 5.74) is 14.3. The molecule has 2 aromatic rings. The second-order valence-electron chi connectivity index (χ2n) is 4.55. The van der Waals surface area contributed by atoms with Crippen LogP contribution in [-0.2, 0) is 5.54 Å². The zero-order valence-corrected chi connectivity index (χ0v) is 10.9. The molecule has 0 aliphatic carbocycles. The number of nitriles is 2. The van der Waals surface area contributed by atoms with Gasteiger partial charge < -0.3 is 11.5 Å². The Morgan fingerprint density at radius 2 is 1.15 bits per heavy atom. The highest BCUT2D eigenvalue weighted by Gasteiger charge is 2.27. The Labute approximate surface area is 117 Å². The zero-order valence-electron chi connectivity index (χ0n) is 10.9. The van der Waals surface area contributed by atoms with Crippen LogP contribution in [0.1, 0.15) is 22.3 Å². The summed E-state index contributed by atoms with van der Waals surface area (Å²) in [5.74, 6) is 0. The number of nitrogens with zero attached hydrogens (tertiary/aromatic N) is 2. The van der Waals surface area contributed by atoms with Gasteiger partial charge in [0.05, 0.1) is 28.8 Å². The number of nitrogens with two attached hydrogens (primary N) is 2. The SMILES string of the molecule is N#Cc1ccc(C(N)(CN)c2ccc(C#N)cc2)cc1. The normalized spacial score (nSPS) is 10.6. The van der Waals surface area contributed by atoms with E-state index in [2.05, 4.69) is 12.1 Å². The lowest BCUT2D eigenvalue weighted by Crippen LogP contribution is -2.45. The van der Waals surface area contributed by atoms with Crippen LogP contribution in [-0.4, -0.2) is 6.54 Å². The fraction of sp³-hybridized carbons (Fsp3) is 0.125. The lowest BCUT2D eigenvalue weighted by molar-refractivity contribution is 0.551. The summed E-state index contributed by atoms with van der Waals surface area (Å²) in [7, 11) is 0. The molecule has 2 rings (SSSR count). The Kier molecular flexibility index (Phi) is 3.81. The fourth-order valence-electron chi connectivity index (χ4n) is 2.09. The van der Waals surface area contributed by atoms with Crippen molar-refractivity contribution in [3.05, 3.63) is 70.8 Å². The Morgan fingerprint density at radius 3 is 1.40 bits per heavy atom. The zero-order chi connectivity index (χ0) is 14.6. The molecular weight excluding hydrogens is 248 g/mol. The van der Waals surface area contributed by atoms with E-state index in [0.717, 1.165) is 11.1 Å². The van der Waals surface area contributed by atoms with Crippen molar-refractivity contribution < 1.29 is 0 Å². The maximum absolute atomic E-state index is 8.83. The molecule has 0 saturated carbocycles. The third-order valence-electron chi connectivity index (χ3n) is 3.38. The molecule has 20 heavy (non-hydrogen) atoms. The molecule has 0 aromatic heterocycles. The summed E-state index contributed by atoms with van der Waals surface area (Å²) in [6.45, 7) is 0.227. The van der Waals surface area contributed by atoms with E-state index in [1.807, 2.05) is 24.3 Å². The van der Waals surface area contributed by atoms with Gasteiger partial charge in [-0.05, 0) is 35.4 Å². The van der Waals surface area contributed by atoms with Crippen LogP contribution in [0.5, 0.6) is 0 Å². The summed E-state index contributed by atoms with van der Waals surface area (Å²) in [4.78, 5) is 0. The highest BCUT2D eigenvalue weighted by Crippen LogP contribution is 2.26. The molecule has 0 amide bonds. The van der Waals surface area contributed by atoms with Crippen molar-refractivity contribution in [1.29, 1.82) is 10.5 Å². The highest BCUT2D eigenvalue weighted by atomic mass is 14.8. The summed E-state index contributed by atoms with van der Waals surface area (Å²) in [6, 6.07) is 18.3. The molecule has 0 spiro atoms. The van der Waals surface area contributed by atoms with Crippen molar-refractivity contribution in [2.24, 2.45) is 11.5 Å². The van der Waals surface area contributed by atoms with E-state index in [1.54, 1.807) is 24.3 Å². The lowest BCUT2D eigenvalue weighted by Gasteiger charge is -2.29. The first kappa shape index (κ1) is 13.8. The average Bonchev–Trinajstić information content (AvgIpc) is 2.54. The molecule has 0 aliphatic rings. The van der Waals surface area contributed by atoms with Gasteiger partial charge in [0.15, 0.2) is 0 Å². The van der Waals surface area contributed by atoms with Gasteiger partial charge in [-0.1, -0.05) is 24.3 Å². The third-order valence-corrected chi connectivity index (χ3v) is 3.38. The first-order valence-corrected chi connectivity index (χ1v) is 6.14. The molecular formula is C16H14N4. The predicted molar refractivity (Wildman–Crippen MR) is 76.3 cm³/mol. The topological polar surface area (TPSA) is 99.6 Å². The average molecular weight is 262 g/mol. The molecule has 0 unspecified atom stereocenters. The molecule has 0 aliphatic heterocycles. The van der Waals surface area contributed by atoms with Crippen LogP contribution in [0.2, 0.25) is 0 Å². The van der Waals surface area contributed by atoms with Crippen molar-refractivity contribution in [3.63, 3.8) is 0 Å². The van der Waals surface area contributed by atoms with Gasteiger partial charge in [-0.15, -0.1) is 0 Å². The van der Waals surface area contributed by atoms with Gasteiger partial charge in [0.1, 0.15) is 0 Å². The first-order valence-electron chi connectivity index (χ1n) is 6.14. The van der Waals surface area contributed by atoms with E-state index in [9.17, 15) is 0 Å². The number of rotatable bonds is 3. The van der Waals surface area contributed by atoms with Gasteiger partial charge in [0.25, 0.3) is 0 Å². The van der Waals surface area contributed by atoms with Gasteiger partial charge >= 0.3 is 0 Å². The van der Waals surface area contributed by atoms with Crippen LogP contribution in [0, 0.1) is 22.7 Å². The van der Waals surface area contributed by atoms with Crippen molar-refractivity contribution in [2.75, 3.05) is 6.54 Å². The second-order valence-corrected chi connectivity index (χ2v) is 4.55. The smallest absolute Gasteiger partial charge is 0.0991 e. The first-order chi connectivity index (χ1) is 9.63. The van der Waals surface area contributed by atoms with Crippen LogP contribution in [0.25, 0.3) is 0 Å². The van der Waals surface area contributed by atoms with E-state index in [4.69, 9.17) is 22.0 Å². The van der Waals surface area contributed by atoms with Crippen LogP contribution in [0.3, 0.4) is 0 Å². The van der Waals surface area contributed by atoms with E-state index >= 15 is 0 Å². The van der Waals surface area contributed by atoms with E-state index in [0.29, 0.717) is 11.1 Å². The van der Waals surface area contributed by atoms with E-state index < -0.39 is 5.54 Å². The van der Waals surface area contributed by atoms with Gasteiger partial charge in [0.2, 0.25) is 0 Å². The minimum absolute atomic E-state index is 0.227. The molecule has 2 aromatic carbocycles. The molecule has 0 radical (unpaired) electrons. The number of benzene rings is 2.